The number of hydrogen-bond acceptors (Lipinski definition) is 3. The summed E-state index contributed by atoms with van der Waals surface area (Å²) in [7, 11) is 0. The van der Waals surface area contributed by atoms with Crippen LogP contribution >= 0.6 is 0 Å². The summed E-state index contributed by atoms with van der Waals surface area (Å²) in [6, 6.07) is 0.875. The fourth-order valence-corrected chi connectivity index (χ4v) is 4.65. The van der Waals surface area contributed by atoms with Crippen LogP contribution in [0.1, 0.15) is 40.5 Å². The SMILES string of the molecule is CC(C)C#CCN1CCN(C2CC3(C2)CN(CC(C)C)C3)CC1. The summed E-state index contributed by atoms with van der Waals surface area (Å²) < 4.78 is 0. The molecule has 1 spiro atoms. The average molecular weight is 318 g/mol. The van der Waals surface area contributed by atoms with Crippen LogP contribution in [0, 0.1) is 29.1 Å². The molecule has 0 N–H and O–H groups in total. The highest BCUT2D eigenvalue weighted by molar-refractivity contribution is 5.08. The molecule has 3 nitrogen and oxygen atoms in total. The van der Waals surface area contributed by atoms with Gasteiger partial charge in [0.1, 0.15) is 0 Å². The Kier molecular flexibility index (Phi) is 5.35. The lowest BCUT2D eigenvalue weighted by Crippen LogP contribution is -2.68. The maximum absolute atomic E-state index is 3.33. The quantitative estimate of drug-likeness (QED) is 0.737. The molecule has 23 heavy (non-hydrogen) atoms. The monoisotopic (exact) mass is 317 g/mol. The molecule has 3 rings (SSSR count). The summed E-state index contributed by atoms with van der Waals surface area (Å²) in [4.78, 5) is 7.93. The summed E-state index contributed by atoms with van der Waals surface area (Å²) in [5.41, 5.74) is 0.708. The van der Waals surface area contributed by atoms with Gasteiger partial charge >= 0.3 is 0 Å². The van der Waals surface area contributed by atoms with Gasteiger partial charge in [-0.05, 0) is 24.2 Å². The molecule has 0 aromatic carbocycles. The van der Waals surface area contributed by atoms with Crippen LogP contribution in [0.4, 0.5) is 0 Å². The molecule has 2 heterocycles. The van der Waals surface area contributed by atoms with Crippen LogP contribution in [0.3, 0.4) is 0 Å². The maximum Gasteiger partial charge on any atom is 0.0602 e. The highest BCUT2D eigenvalue weighted by Gasteiger charge is 2.53. The number of piperazine rings is 1. The molecule has 0 aromatic heterocycles. The molecule has 3 heteroatoms. The van der Waals surface area contributed by atoms with Crippen molar-refractivity contribution in [2.24, 2.45) is 17.3 Å². The van der Waals surface area contributed by atoms with Gasteiger partial charge < -0.3 is 4.90 Å². The van der Waals surface area contributed by atoms with Gasteiger partial charge in [-0.1, -0.05) is 39.5 Å². The Morgan fingerprint density at radius 2 is 1.61 bits per heavy atom. The van der Waals surface area contributed by atoms with E-state index < -0.39 is 0 Å². The van der Waals surface area contributed by atoms with E-state index in [4.69, 9.17) is 0 Å². The first-order valence-electron chi connectivity index (χ1n) is 9.63. The van der Waals surface area contributed by atoms with Gasteiger partial charge in [0.2, 0.25) is 0 Å². The third-order valence-electron chi connectivity index (χ3n) is 5.70. The fourth-order valence-electron chi connectivity index (χ4n) is 4.65. The molecular formula is C20H35N3. The van der Waals surface area contributed by atoms with Crippen molar-refractivity contribution >= 4 is 0 Å². The van der Waals surface area contributed by atoms with Crippen LogP contribution in [-0.2, 0) is 0 Å². The molecule has 2 aliphatic heterocycles. The standard InChI is InChI=1S/C20H35N3/c1-17(2)6-5-7-21-8-10-23(11-9-21)19-12-20(13-19)15-22(16-20)14-18(3)4/h17-19H,7-16H2,1-4H3. The maximum atomic E-state index is 3.33. The molecule has 0 aromatic rings. The number of nitrogens with zero attached hydrogens (tertiary/aromatic N) is 3. The molecule has 3 fully saturated rings. The van der Waals surface area contributed by atoms with E-state index in [1.165, 1.54) is 58.7 Å². The van der Waals surface area contributed by atoms with Crippen LogP contribution in [0.2, 0.25) is 0 Å². The van der Waals surface area contributed by atoms with E-state index in [9.17, 15) is 0 Å². The zero-order valence-electron chi connectivity index (χ0n) is 15.6. The zero-order chi connectivity index (χ0) is 16.4. The lowest BCUT2D eigenvalue weighted by Gasteiger charge is -2.62. The van der Waals surface area contributed by atoms with Gasteiger partial charge in [-0.3, -0.25) is 9.80 Å². The van der Waals surface area contributed by atoms with E-state index in [2.05, 4.69) is 54.2 Å². The second kappa shape index (κ2) is 7.13. The Bertz CT molecular complexity index is 437. The molecule has 0 amide bonds. The summed E-state index contributed by atoms with van der Waals surface area (Å²) in [6.07, 6.45) is 2.91. The Labute approximate surface area is 143 Å². The predicted molar refractivity (Wildman–Crippen MR) is 97.4 cm³/mol. The Morgan fingerprint density at radius 3 is 2.17 bits per heavy atom. The fraction of sp³-hybridized carbons (Fsp3) is 0.900. The van der Waals surface area contributed by atoms with Crippen molar-refractivity contribution in [3.05, 3.63) is 0 Å². The van der Waals surface area contributed by atoms with Crippen LogP contribution < -0.4 is 0 Å². The molecule has 0 atom stereocenters. The van der Waals surface area contributed by atoms with Crippen LogP contribution in [0.5, 0.6) is 0 Å². The number of hydrogen-bond donors (Lipinski definition) is 0. The molecule has 0 radical (unpaired) electrons. The van der Waals surface area contributed by atoms with E-state index >= 15 is 0 Å². The van der Waals surface area contributed by atoms with Gasteiger partial charge in [0.25, 0.3) is 0 Å². The first kappa shape index (κ1) is 17.3. The van der Waals surface area contributed by atoms with Crippen molar-refractivity contribution in [3.8, 4) is 11.8 Å². The second-order valence-corrected chi connectivity index (χ2v) is 8.91. The first-order valence-corrected chi connectivity index (χ1v) is 9.63. The minimum Gasteiger partial charge on any atom is -0.302 e. The molecular weight excluding hydrogens is 282 g/mol. The summed E-state index contributed by atoms with van der Waals surface area (Å²) in [5.74, 6) is 7.93. The van der Waals surface area contributed by atoms with E-state index in [1.54, 1.807) is 0 Å². The predicted octanol–water partition coefficient (Wildman–Crippen LogP) is 2.38. The molecule has 1 aliphatic carbocycles. The average Bonchev–Trinajstić information content (AvgIpc) is 2.40. The number of rotatable bonds is 4. The summed E-state index contributed by atoms with van der Waals surface area (Å²) in [6.45, 7) is 18.9. The topological polar surface area (TPSA) is 9.72 Å². The smallest absolute Gasteiger partial charge is 0.0602 e. The largest absolute Gasteiger partial charge is 0.302 e. The lowest BCUT2D eigenvalue weighted by atomic mass is 9.60. The molecule has 0 bridgehead atoms. The van der Waals surface area contributed by atoms with Crippen molar-refractivity contribution < 1.29 is 0 Å². The molecule has 2 saturated heterocycles. The third kappa shape index (κ3) is 4.29. The highest BCUT2D eigenvalue weighted by atomic mass is 15.3. The van der Waals surface area contributed by atoms with Gasteiger partial charge in [-0.2, -0.15) is 0 Å². The first-order chi connectivity index (χ1) is 11.0. The van der Waals surface area contributed by atoms with Crippen LogP contribution in [0.15, 0.2) is 0 Å². The van der Waals surface area contributed by atoms with E-state index in [0.717, 1.165) is 18.5 Å². The minimum atomic E-state index is 0.500. The number of likely N-dealkylation sites (tertiary alicyclic amines) is 1. The van der Waals surface area contributed by atoms with Gasteiger partial charge in [0.15, 0.2) is 0 Å². The van der Waals surface area contributed by atoms with Gasteiger partial charge in [0, 0.05) is 57.8 Å². The highest BCUT2D eigenvalue weighted by Crippen LogP contribution is 2.50. The third-order valence-corrected chi connectivity index (χ3v) is 5.70. The lowest BCUT2D eigenvalue weighted by molar-refractivity contribution is -0.117. The summed E-state index contributed by atoms with van der Waals surface area (Å²) >= 11 is 0. The van der Waals surface area contributed by atoms with Gasteiger partial charge in [-0.15, -0.1) is 0 Å². The normalized spacial score (nSPS) is 26.2. The second-order valence-electron chi connectivity index (χ2n) is 8.91. The Balaban J connectivity index is 1.33. The Hall–Kier alpha value is -0.560. The molecule has 0 unspecified atom stereocenters. The zero-order valence-corrected chi connectivity index (χ0v) is 15.6. The van der Waals surface area contributed by atoms with Crippen molar-refractivity contribution in [2.75, 3.05) is 52.4 Å². The van der Waals surface area contributed by atoms with E-state index in [-0.39, 0.29) is 0 Å². The minimum absolute atomic E-state index is 0.500. The van der Waals surface area contributed by atoms with Crippen molar-refractivity contribution in [1.29, 1.82) is 0 Å². The molecule has 3 aliphatic rings. The summed E-state index contributed by atoms with van der Waals surface area (Å²) in [5, 5.41) is 0. The van der Waals surface area contributed by atoms with Crippen molar-refractivity contribution in [3.63, 3.8) is 0 Å². The van der Waals surface area contributed by atoms with Crippen molar-refractivity contribution in [2.45, 2.75) is 46.6 Å². The van der Waals surface area contributed by atoms with Crippen LogP contribution in [0.25, 0.3) is 0 Å². The van der Waals surface area contributed by atoms with Gasteiger partial charge in [0.05, 0.1) is 6.54 Å². The Morgan fingerprint density at radius 1 is 0.957 bits per heavy atom. The van der Waals surface area contributed by atoms with Gasteiger partial charge in [-0.25, -0.2) is 0 Å². The van der Waals surface area contributed by atoms with Crippen LogP contribution in [-0.4, -0.2) is 73.1 Å². The van der Waals surface area contributed by atoms with E-state index in [1.807, 2.05) is 0 Å². The van der Waals surface area contributed by atoms with E-state index in [0.29, 0.717) is 11.3 Å². The van der Waals surface area contributed by atoms with Crippen molar-refractivity contribution in [1.82, 2.24) is 14.7 Å². The molecule has 130 valence electrons. The molecule has 1 saturated carbocycles.